The van der Waals surface area contributed by atoms with Gasteiger partial charge in [0.1, 0.15) is 4.90 Å². The van der Waals surface area contributed by atoms with Gasteiger partial charge in [0.25, 0.3) is 0 Å². The topological polar surface area (TPSA) is 84.2 Å². The van der Waals surface area contributed by atoms with Crippen LogP contribution in [0.1, 0.15) is 25.2 Å². The molecule has 0 aromatic carbocycles. The van der Waals surface area contributed by atoms with Crippen molar-refractivity contribution in [1.29, 1.82) is 0 Å². The molecular weight excluding hydrogens is 254 g/mol. The maximum atomic E-state index is 12.2. The third-order valence-corrected chi connectivity index (χ3v) is 4.25. The van der Waals surface area contributed by atoms with E-state index in [1.165, 1.54) is 4.68 Å². The fourth-order valence-electron chi connectivity index (χ4n) is 1.73. The molecule has 0 unspecified atom stereocenters. The Morgan fingerprint density at radius 2 is 2.00 bits per heavy atom. The Bertz CT molecular complexity index is 506. The number of sulfonamides is 1. The maximum absolute atomic E-state index is 12.2. The Morgan fingerprint density at radius 1 is 1.39 bits per heavy atom. The van der Waals surface area contributed by atoms with Crippen molar-refractivity contribution in [1.82, 2.24) is 14.5 Å². The molecular formula is C11H21N3O3S. The van der Waals surface area contributed by atoms with Crippen LogP contribution in [0, 0.1) is 19.8 Å². The van der Waals surface area contributed by atoms with E-state index in [1.54, 1.807) is 13.8 Å². The first-order chi connectivity index (χ1) is 8.29. The Hall–Kier alpha value is -0.920. The second-order valence-electron chi connectivity index (χ2n) is 4.69. The average molecular weight is 275 g/mol. The lowest BCUT2D eigenvalue weighted by Gasteiger charge is -2.09. The number of nitrogens with one attached hydrogen (secondary N) is 1. The molecule has 0 aliphatic rings. The van der Waals surface area contributed by atoms with Crippen molar-refractivity contribution in [2.24, 2.45) is 5.92 Å². The molecule has 1 aromatic heterocycles. The van der Waals surface area contributed by atoms with Crippen LogP contribution in [0.5, 0.6) is 0 Å². The summed E-state index contributed by atoms with van der Waals surface area (Å²) in [4.78, 5) is 0.219. The number of rotatable bonds is 6. The van der Waals surface area contributed by atoms with Gasteiger partial charge in [-0.3, -0.25) is 4.68 Å². The van der Waals surface area contributed by atoms with Crippen LogP contribution in [0.3, 0.4) is 0 Å². The lowest BCUT2D eigenvalue weighted by molar-refractivity contribution is 0.267. The van der Waals surface area contributed by atoms with Crippen molar-refractivity contribution >= 4 is 10.0 Å². The van der Waals surface area contributed by atoms with Crippen molar-refractivity contribution in [3.05, 3.63) is 11.4 Å². The molecule has 1 rings (SSSR count). The molecule has 0 atom stereocenters. The summed E-state index contributed by atoms with van der Waals surface area (Å²) in [5.74, 6) is 0.243. The molecule has 0 fully saturated rings. The SMILES string of the molecule is Cc1nn(CCO)c(C)c1S(=O)(=O)NCC(C)C. The van der Waals surface area contributed by atoms with Gasteiger partial charge in [0.2, 0.25) is 10.0 Å². The van der Waals surface area contributed by atoms with Crippen LogP contribution >= 0.6 is 0 Å². The summed E-state index contributed by atoms with van der Waals surface area (Å²) in [7, 11) is -3.53. The number of aliphatic hydroxyl groups is 1. The van der Waals surface area contributed by atoms with E-state index in [9.17, 15) is 8.42 Å². The molecule has 7 heteroatoms. The van der Waals surface area contributed by atoms with Crippen LogP contribution in [-0.4, -0.2) is 36.5 Å². The molecule has 104 valence electrons. The van der Waals surface area contributed by atoms with Gasteiger partial charge in [-0.15, -0.1) is 0 Å². The second-order valence-corrected chi connectivity index (χ2v) is 6.40. The monoisotopic (exact) mass is 275 g/mol. The van der Waals surface area contributed by atoms with E-state index in [4.69, 9.17) is 5.11 Å². The van der Waals surface area contributed by atoms with E-state index in [1.807, 2.05) is 13.8 Å². The van der Waals surface area contributed by atoms with E-state index in [-0.39, 0.29) is 17.4 Å². The zero-order valence-electron chi connectivity index (χ0n) is 11.3. The highest BCUT2D eigenvalue weighted by Gasteiger charge is 2.24. The molecule has 2 N–H and O–H groups in total. The standard InChI is InChI=1S/C11H21N3O3S/c1-8(2)7-12-18(16,17)11-9(3)13-14(5-6-15)10(11)4/h8,12,15H,5-7H2,1-4H3. The van der Waals surface area contributed by atoms with Crippen molar-refractivity contribution in [3.8, 4) is 0 Å². The summed E-state index contributed by atoms with van der Waals surface area (Å²) in [6, 6.07) is 0. The highest BCUT2D eigenvalue weighted by Crippen LogP contribution is 2.19. The molecule has 0 aliphatic carbocycles. The van der Waals surface area contributed by atoms with Crippen molar-refractivity contribution in [2.45, 2.75) is 39.1 Å². The molecule has 0 bridgehead atoms. The van der Waals surface area contributed by atoms with Crippen molar-refractivity contribution in [3.63, 3.8) is 0 Å². The van der Waals surface area contributed by atoms with Gasteiger partial charge in [0.15, 0.2) is 0 Å². The van der Waals surface area contributed by atoms with Gasteiger partial charge in [0.05, 0.1) is 24.5 Å². The Labute approximate surface area is 108 Å². The lowest BCUT2D eigenvalue weighted by atomic mass is 10.2. The zero-order chi connectivity index (χ0) is 13.9. The van der Waals surface area contributed by atoms with Crippen LogP contribution in [0.2, 0.25) is 0 Å². The quantitative estimate of drug-likeness (QED) is 0.788. The molecule has 18 heavy (non-hydrogen) atoms. The summed E-state index contributed by atoms with van der Waals surface area (Å²) < 4.78 is 28.4. The predicted molar refractivity (Wildman–Crippen MR) is 68.8 cm³/mol. The van der Waals surface area contributed by atoms with Gasteiger partial charge in [-0.05, 0) is 19.8 Å². The molecule has 1 heterocycles. The van der Waals surface area contributed by atoms with Gasteiger partial charge in [0, 0.05) is 6.54 Å². The molecule has 0 spiro atoms. The summed E-state index contributed by atoms with van der Waals surface area (Å²) in [5, 5.41) is 13.0. The van der Waals surface area contributed by atoms with Gasteiger partial charge >= 0.3 is 0 Å². The fraction of sp³-hybridized carbons (Fsp3) is 0.727. The van der Waals surface area contributed by atoms with E-state index >= 15 is 0 Å². The van der Waals surface area contributed by atoms with Crippen LogP contribution in [0.4, 0.5) is 0 Å². The van der Waals surface area contributed by atoms with Gasteiger partial charge in [-0.25, -0.2) is 13.1 Å². The molecule has 0 saturated heterocycles. The second kappa shape index (κ2) is 5.81. The third kappa shape index (κ3) is 3.30. The van der Waals surface area contributed by atoms with Crippen LogP contribution in [-0.2, 0) is 16.6 Å². The van der Waals surface area contributed by atoms with E-state index in [0.29, 0.717) is 24.5 Å². The average Bonchev–Trinajstić information content (AvgIpc) is 2.52. The third-order valence-electron chi connectivity index (χ3n) is 2.58. The van der Waals surface area contributed by atoms with E-state index < -0.39 is 10.0 Å². The smallest absolute Gasteiger partial charge is 0.244 e. The number of aromatic nitrogens is 2. The highest BCUT2D eigenvalue weighted by atomic mass is 32.2. The van der Waals surface area contributed by atoms with E-state index in [0.717, 1.165) is 0 Å². The van der Waals surface area contributed by atoms with Gasteiger partial charge < -0.3 is 5.11 Å². The van der Waals surface area contributed by atoms with Crippen LogP contribution < -0.4 is 4.72 Å². The predicted octanol–water partition coefficient (Wildman–Crippen LogP) is 0.427. The molecule has 1 aromatic rings. The fourth-order valence-corrected chi connectivity index (χ4v) is 3.35. The zero-order valence-corrected chi connectivity index (χ0v) is 12.1. The van der Waals surface area contributed by atoms with E-state index in [2.05, 4.69) is 9.82 Å². The molecule has 0 saturated carbocycles. The largest absolute Gasteiger partial charge is 0.394 e. The summed E-state index contributed by atoms with van der Waals surface area (Å²) in [5.41, 5.74) is 1.01. The minimum atomic E-state index is -3.53. The normalized spacial score (nSPS) is 12.3. The minimum absolute atomic E-state index is 0.0686. The lowest BCUT2D eigenvalue weighted by Crippen LogP contribution is -2.28. The Kier molecular flexibility index (Phi) is 4.89. The molecule has 0 amide bonds. The van der Waals surface area contributed by atoms with Crippen molar-refractivity contribution < 1.29 is 13.5 Å². The Balaban J connectivity index is 3.08. The first kappa shape index (κ1) is 15.1. The first-order valence-electron chi connectivity index (χ1n) is 5.94. The first-order valence-corrected chi connectivity index (χ1v) is 7.42. The Morgan fingerprint density at radius 3 is 2.50 bits per heavy atom. The minimum Gasteiger partial charge on any atom is -0.394 e. The molecule has 6 nitrogen and oxygen atoms in total. The highest BCUT2D eigenvalue weighted by molar-refractivity contribution is 7.89. The van der Waals surface area contributed by atoms with Crippen LogP contribution in [0.25, 0.3) is 0 Å². The van der Waals surface area contributed by atoms with Crippen molar-refractivity contribution in [2.75, 3.05) is 13.2 Å². The van der Waals surface area contributed by atoms with Gasteiger partial charge in [-0.2, -0.15) is 5.10 Å². The summed E-state index contributed by atoms with van der Waals surface area (Å²) in [6.07, 6.45) is 0. The number of hydrogen-bond acceptors (Lipinski definition) is 4. The number of aliphatic hydroxyl groups excluding tert-OH is 1. The van der Waals surface area contributed by atoms with Crippen LogP contribution in [0.15, 0.2) is 4.90 Å². The summed E-state index contributed by atoms with van der Waals surface area (Å²) >= 11 is 0. The summed E-state index contributed by atoms with van der Waals surface area (Å²) in [6.45, 7) is 7.86. The number of hydrogen-bond donors (Lipinski definition) is 2. The maximum Gasteiger partial charge on any atom is 0.244 e. The number of nitrogens with zero attached hydrogens (tertiary/aromatic N) is 2. The van der Waals surface area contributed by atoms with Gasteiger partial charge in [-0.1, -0.05) is 13.8 Å². The number of aryl methyl sites for hydroxylation is 1. The molecule has 0 radical (unpaired) electrons. The molecule has 0 aliphatic heterocycles.